The van der Waals surface area contributed by atoms with Gasteiger partial charge in [-0.2, -0.15) is 0 Å². The van der Waals surface area contributed by atoms with Crippen molar-refractivity contribution in [1.82, 2.24) is 4.90 Å². The highest BCUT2D eigenvalue weighted by Crippen LogP contribution is 2.27. The number of amides is 1. The molecule has 1 amide bonds. The number of carboxylic acids is 1. The molecule has 0 aromatic heterocycles. The molecule has 24 heavy (non-hydrogen) atoms. The SMILES string of the molecule is O=C(O)[C@@H]1CCN(C(=O)[C@@H](Oc2ccccc2)c2ccccc2)C1. The zero-order chi connectivity index (χ0) is 16.9. The van der Waals surface area contributed by atoms with Crippen LogP contribution in [0.15, 0.2) is 60.7 Å². The summed E-state index contributed by atoms with van der Waals surface area (Å²) in [6.45, 7) is 0.674. The van der Waals surface area contributed by atoms with E-state index in [0.717, 1.165) is 5.56 Å². The van der Waals surface area contributed by atoms with E-state index in [1.807, 2.05) is 48.5 Å². The van der Waals surface area contributed by atoms with Gasteiger partial charge in [0.25, 0.3) is 5.91 Å². The molecule has 1 heterocycles. The third-order valence-electron chi connectivity index (χ3n) is 4.17. The molecular formula is C19H19NO4. The molecule has 1 fully saturated rings. The number of benzene rings is 2. The first-order valence-corrected chi connectivity index (χ1v) is 7.93. The summed E-state index contributed by atoms with van der Waals surface area (Å²) in [5, 5.41) is 9.13. The van der Waals surface area contributed by atoms with E-state index in [1.165, 1.54) is 0 Å². The largest absolute Gasteiger partial charge is 0.481 e. The molecule has 0 bridgehead atoms. The fraction of sp³-hybridized carbons (Fsp3) is 0.263. The molecule has 0 aliphatic carbocycles. The molecule has 3 rings (SSSR count). The van der Waals surface area contributed by atoms with E-state index in [0.29, 0.717) is 18.7 Å². The number of nitrogens with zero attached hydrogens (tertiary/aromatic N) is 1. The molecule has 1 saturated heterocycles. The van der Waals surface area contributed by atoms with Crippen LogP contribution in [-0.4, -0.2) is 35.0 Å². The smallest absolute Gasteiger partial charge is 0.308 e. The predicted octanol–water partition coefficient (Wildman–Crippen LogP) is 2.74. The number of carbonyl (C=O) groups excluding carboxylic acids is 1. The molecule has 5 heteroatoms. The van der Waals surface area contributed by atoms with Gasteiger partial charge in [-0.15, -0.1) is 0 Å². The molecule has 0 saturated carbocycles. The van der Waals surface area contributed by atoms with Crippen molar-refractivity contribution in [3.8, 4) is 5.75 Å². The molecule has 2 aromatic rings. The van der Waals surface area contributed by atoms with Gasteiger partial charge in [-0.05, 0) is 18.6 Å². The number of rotatable bonds is 5. The van der Waals surface area contributed by atoms with Crippen molar-refractivity contribution in [1.29, 1.82) is 0 Å². The number of hydrogen-bond donors (Lipinski definition) is 1. The van der Waals surface area contributed by atoms with Gasteiger partial charge in [0.1, 0.15) is 5.75 Å². The standard InChI is InChI=1S/C19H19NO4/c21-18(20-12-11-15(13-20)19(22)23)17(14-7-3-1-4-8-14)24-16-9-5-2-6-10-16/h1-10,15,17H,11-13H2,(H,22,23)/t15-,17+/m1/s1. The maximum absolute atomic E-state index is 12.9. The van der Waals surface area contributed by atoms with Crippen LogP contribution in [0.3, 0.4) is 0 Å². The van der Waals surface area contributed by atoms with E-state index in [1.54, 1.807) is 17.0 Å². The van der Waals surface area contributed by atoms with E-state index in [4.69, 9.17) is 9.84 Å². The Hall–Kier alpha value is -2.82. The van der Waals surface area contributed by atoms with Crippen molar-refractivity contribution < 1.29 is 19.4 Å². The van der Waals surface area contributed by atoms with Gasteiger partial charge in [0.15, 0.2) is 0 Å². The number of aliphatic carboxylic acids is 1. The predicted molar refractivity (Wildman–Crippen MR) is 88.6 cm³/mol. The highest BCUT2D eigenvalue weighted by Gasteiger charge is 2.35. The molecule has 1 aliphatic rings. The maximum Gasteiger partial charge on any atom is 0.308 e. The zero-order valence-corrected chi connectivity index (χ0v) is 13.2. The van der Waals surface area contributed by atoms with E-state index < -0.39 is 18.0 Å². The normalized spacial score (nSPS) is 18.2. The van der Waals surface area contributed by atoms with Crippen molar-refractivity contribution in [2.24, 2.45) is 5.92 Å². The van der Waals surface area contributed by atoms with Crippen molar-refractivity contribution in [2.45, 2.75) is 12.5 Å². The molecule has 124 valence electrons. The van der Waals surface area contributed by atoms with Crippen LogP contribution in [0, 0.1) is 5.92 Å². The Labute approximate surface area is 140 Å². The summed E-state index contributed by atoms with van der Waals surface area (Å²) in [6, 6.07) is 18.4. The lowest BCUT2D eigenvalue weighted by molar-refractivity contribution is -0.142. The maximum atomic E-state index is 12.9. The second kappa shape index (κ2) is 7.17. The average molecular weight is 325 g/mol. The second-order valence-corrected chi connectivity index (χ2v) is 5.83. The Kier molecular flexibility index (Phi) is 4.79. The van der Waals surface area contributed by atoms with Gasteiger partial charge in [0.2, 0.25) is 6.10 Å². The Balaban J connectivity index is 1.82. The summed E-state index contributed by atoms with van der Waals surface area (Å²) in [5.74, 6) is -0.949. The summed E-state index contributed by atoms with van der Waals surface area (Å²) < 4.78 is 5.93. The van der Waals surface area contributed by atoms with Crippen LogP contribution in [0.2, 0.25) is 0 Å². The van der Waals surface area contributed by atoms with Gasteiger partial charge < -0.3 is 14.7 Å². The average Bonchev–Trinajstić information content (AvgIpc) is 3.11. The first-order valence-electron chi connectivity index (χ1n) is 7.93. The fourth-order valence-corrected chi connectivity index (χ4v) is 2.85. The van der Waals surface area contributed by atoms with Crippen molar-refractivity contribution in [3.05, 3.63) is 66.2 Å². The van der Waals surface area contributed by atoms with Crippen LogP contribution >= 0.6 is 0 Å². The number of likely N-dealkylation sites (tertiary alicyclic amines) is 1. The number of carboxylic acid groups (broad SMARTS) is 1. The third kappa shape index (κ3) is 3.56. The molecule has 0 radical (unpaired) electrons. The molecule has 5 nitrogen and oxygen atoms in total. The number of ether oxygens (including phenoxy) is 1. The molecule has 2 aromatic carbocycles. The summed E-state index contributed by atoms with van der Waals surface area (Å²) in [7, 11) is 0. The van der Waals surface area contributed by atoms with Crippen LogP contribution in [0.1, 0.15) is 18.1 Å². The summed E-state index contributed by atoms with van der Waals surface area (Å²) in [4.78, 5) is 25.6. The van der Waals surface area contributed by atoms with E-state index in [9.17, 15) is 9.59 Å². The molecule has 0 unspecified atom stereocenters. The van der Waals surface area contributed by atoms with Crippen molar-refractivity contribution in [3.63, 3.8) is 0 Å². The van der Waals surface area contributed by atoms with E-state index in [2.05, 4.69) is 0 Å². The lowest BCUT2D eigenvalue weighted by Crippen LogP contribution is -2.36. The Morgan fingerprint density at radius 3 is 2.25 bits per heavy atom. The van der Waals surface area contributed by atoms with Crippen LogP contribution in [0.25, 0.3) is 0 Å². The highest BCUT2D eigenvalue weighted by molar-refractivity contribution is 5.84. The minimum Gasteiger partial charge on any atom is -0.481 e. The van der Waals surface area contributed by atoms with Crippen LogP contribution in [-0.2, 0) is 9.59 Å². The summed E-state index contributed by atoms with van der Waals surface area (Å²) in [6.07, 6.45) is -0.297. The molecule has 2 atom stereocenters. The Morgan fingerprint density at radius 2 is 1.67 bits per heavy atom. The van der Waals surface area contributed by atoms with Crippen molar-refractivity contribution >= 4 is 11.9 Å². The zero-order valence-electron chi connectivity index (χ0n) is 13.2. The van der Waals surface area contributed by atoms with Crippen molar-refractivity contribution in [2.75, 3.05) is 13.1 Å². The Bertz CT molecular complexity index is 702. The Morgan fingerprint density at radius 1 is 1.04 bits per heavy atom. The monoisotopic (exact) mass is 325 g/mol. The van der Waals surface area contributed by atoms with Gasteiger partial charge in [0, 0.05) is 18.7 Å². The molecule has 1 N–H and O–H groups in total. The van der Waals surface area contributed by atoms with Gasteiger partial charge in [0.05, 0.1) is 5.92 Å². The van der Waals surface area contributed by atoms with Gasteiger partial charge in [-0.1, -0.05) is 48.5 Å². The summed E-state index contributed by atoms with van der Waals surface area (Å²) in [5.41, 5.74) is 0.755. The minimum absolute atomic E-state index is 0.200. The number of carbonyl (C=O) groups is 2. The van der Waals surface area contributed by atoms with Gasteiger partial charge >= 0.3 is 5.97 Å². The first kappa shape index (κ1) is 16.1. The van der Waals surface area contributed by atoms with Gasteiger partial charge in [-0.25, -0.2) is 0 Å². The molecule has 1 aliphatic heterocycles. The lowest BCUT2D eigenvalue weighted by atomic mass is 10.1. The summed E-state index contributed by atoms with van der Waals surface area (Å²) >= 11 is 0. The van der Waals surface area contributed by atoms with E-state index in [-0.39, 0.29) is 12.5 Å². The number of para-hydroxylation sites is 1. The highest BCUT2D eigenvalue weighted by atomic mass is 16.5. The molecular weight excluding hydrogens is 306 g/mol. The van der Waals surface area contributed by atoms with Crippen LogP contribution in [0.5, 0.6) is 5.75 Å². The third-order valence-corrected chi connectivity index (χ3v) is 4.17. The van der Waals surface area contributed by atoms with E-state index >= 15 is 0 Å². The van der Waals surface area contributed by atoms with Crippen LogP contribution in [0.4, 0.5) is 0 Å². The fourth-order valence-electron chi connectivity index (χ4n) is 2.85. The first-order chi connectivity index (χ1) is 11.6. The van der Waals surface area contributed by atoms with Gasteiger partial charge in [-0.3, -0.25) is 9.59 Å². The second-order valence-electron chi connectivity index (χ2n) is 5.83. The minimum atomic E-state index is -0.856. The number of hydrogen-bond acceptors (Lipinski definition) is 3. The lowest BCUT2D eigenvalue weighted by Gasteiger charge is -2.24. The topological polar surface area (TPSA) is 66.8 Å². The van der Waals surface area contributed by atoms with Crippen LogP contribution < -0.4 is 4.74 Å². The quantitative estimate of drug-likeness (QED) is 0.918. The molecule has 0 spiro atoms.